The summed E-state index contributed by atoms with van der Waals surface area (Å²) in [5, 5.41) is 0. The topological polar surface area (TPSA) is 26.3 Å². The molecule has 0 aromatic heterocycles. The van der Waals surface area contributed by atoms with Crippen molar-refractivity contribution in [3.05, 3.63) is 0 Å². The van der Waals surface area contributed by atoms with E-state index in [4.69, 9.17) is 4.52 Å². The molecule has 1 rings (SSSR count). The van der Waals surface area contributed by atoms with Gasteiger partial charge in [-0.1, -0.05) is 32.1 Å². The predicted molar refractivity (Wildman–Crippen MR) is 55.3 cm³/mol. The van der Waals surface area contributed by atoms with E-state index in [2.05, 4.69) is 0 Å². The molecule has 1 atom stereocenters. The van der Waals surface area contributed by atoms with Crippen LogP contribution in [0.4, 0.5) is 0 Å². The Hall–Kier alpha value is 0.0600. The van der Waals surface area contributed by atoms with Gasteiger partial charge in [0.15, 0.2) is 6.16 Å². The van der Waals surface area contributed by atoms with Gasteiger partial charge in [-0.3, -0.25) is 0 Å². The van der Waals surface area contributed by atoms with Gasteiger partial charge in [0, 0.05) is 0 Å². The smallest absolute Gasteiger partial charge is 0.147 e. The molecule has 0 aromatic rings. The fourth-order valence-corrected chi connectivity index (χ4v) is 2.97. The van der Waals surface area contributed by atoms with Crippen LogP contribution in [-0.4, -0.2) is 12.8 Å². The summed E-state index contributed by atoms with van der Waals surface area (Å²) in [5.41, 5.74) is 0. The van der Waals surface area contributed by atoms with Gasteiger partial charge in [-0.05, 0) is 23.8 Å². The first-order valence-corrected chi connectivity index (χ1v) is 6.76. The van der Waals surface area contributed by atoms with Crippen LogP contribution in [0.1, 0.15) is 45.4 Å². The van der Waals surface area contributed by atoms with E-state index in [1.54, 1.807) is 0 Å². The van der Waals surface area contributed by atoms with Crippen LogP contribution in [0.5, 0.6) is 0 Å². The van der Waals surface area contributed by atoms with Crippen molar-refractivity contribution in [1.82, 2.24) is 0 Å². The summed E-state index contributed by atoms with van der Waals surface area (Å²) in [6.07, 6.45) is 8.70. The van der Waals surface area contributed by atoms with Crippen LogP contribution in [0.15, 0.2) is 0 Å². The van der Waals surface area contributed by atoms with Crippen molar-refractivity contribution in [2.75, 3.05) is 12.8 Å². The van der Waals surface area contributed by atoms with Crippen LogP contribution in [0.3, 0.4) is 0 Å². The quantitative estimate of drug-likeness (QED) is 0.636. The molecule has 0 amide bonds. The molecule has 1 saturated carbocycles. The number of hydrogen-bond donors (Lipinski definition) is 0. The van der Waals surface area contributed by atoms with E-state index in [1.807, 2.05) is 6.92 Å². The Morgan fingerprint density at radius 2 is 2.00 bits per heavy atom. The Labute approximate surface area is 81.9 Å². The fourth-order valence-electron chi connectivity index (χ4n) is 1.97. The Morgan fingerprint density at radius 1 is 1.31 bits per heavy atom. The first-order chi connectivity index (χ1) is 6.33. The molecule has 0 radical (unpaired) electrons. The lowest BCUT2D eigenvalue weighted by molar-refractivity contribution is 0.330. The molecule has 0 aromatic carbocycles. The molecule has 0 spiro atoms. The molecule has 2 nitrogen and oxygen atoms in total. The van der Waals surface area contributed by atoms with Crippen molar-refractivity contribution in [2.24, 2.45) is 5.92 Å². The summed E-state index contributed by atoms with van der Waals surface area (Å²) in [7, 11) is -1.36. The Kier molecular flexibility index (Phi) is 5.57. The normalized spacial score (nSPS) is 20.2. The molecule has 1 aliphatic rings. The van der Waals surface area contributed by atoms with Crippen molar-refractivity contribution in [2.45, 2.75) is 45.4 Å². The lowest BCUT2D eigenvalue weighted by Crippen LogP contribution is -2.07. The second kappa shape index (κ2) is 6.50. The van der Waals surface area contributed by atoms with Gasteiger partial charge in [0.25, 0.3) is 0 Å². The number of rotatable bonds is 5. The molecular weight excluding hydrogens is 183 g/mol. The molecule has 1 fully saturated rings. The van der Waals surface area contributed by atoms with E-state index in [-0.39, 0.29) is 0 Å². The lowest BCUT2D eigenvalue weighted by atomic mass is 9.88. The van der Waals surface area contributed by atoms with Crippen molar-refractivity contribution in [1.29, 1.82) is 0 Å². The molecule has 3 heteroatoms. The van der Waals surface area contributed by atoms with Crippen molar-refractivity contribution in [3.63, 3.8) is 0 Å². The average molecular weight is 203 g/mol. The van der Waals surface area contributed by atoms with Gasteiger partial charge in [0.05, 0.1) is 6.61 Å². The van der Waals surface area contributed by atoms with Crippen LogP contribution in [0, 0.1) is 5.92 Å². The minimum absolute atomic E-state index is 0.583. The van der Waals surface area contributed by atoms with Gasteiger partial charge in [0.1, 0.15) is 0 Å². The zero-order valence-electron chi connectivity index (χ0n) is 8.50. The highest BCUT2D eigenvalue weighted by Crippen LogP contribution is 2.31. The molecule has 0 saturated heterocycles. The van der Waals surface area contributed by atoms with Crippen molar-refractivity contribution in [3.8, 4) is 0 Å². The maximum absolute atomic E-state index is 11.2. The minimum atomic E-state index is -1.36. The summed E-state index contributed by atoms with van der Waals surface area (Å²) >= 11 is 0. The first-order valence-electron chi connectivity index (χ1n) is 5.40. The minimum Gasteiger partial charge on any atom is -0.147 e. The third kappa shape index (κ3) is 4.73. The van der Waals surface area contributed by atoms with Gasteiger partial charge in [-0.15, -0.1) is 4.52 Å². The van der Waals surface area contributed by atoms with Gasteiger partial charge >= 0.3 is 8.03 Å². The Balaban J connectivity index is 2.06. The third-order valence-corrected chi connectivity index (χ3v) is 3.89. The van der Waals surface area contributed by atoms with E-state index in [0.29, 0.717) is 6.61 Å². The van der Waals surface area contributed by atoms with E-state index < -0.39 is 8.03 Å². The van der Waals surface area contributed by atoms with E-state index in [9.17, 15) is 4.57 Å². The highest BCUT2D eigenvalue weighted by atomic mass is 31.1. The summed E-state index contributed by atoms with van der Waals surface area (Å²) in [6, 6.07) is 0. The largest absolute Gasteiger partial charge is 0.508 e. The monoisotopic (exact) mass is 203 g/mol. The first kappa shape index (κ1) is 11.1. The maximum Gasteiger partial charge on any atom is 0.508 e. The molecular formula is C10H20O2P+. The van der Waals surface area contributed by atoms with E-state index >= 15 is 0 Å². The number of hydrogen-bond acceptors (Lipinski definition) is 2. The van der Waals surface area contributed by atoms with Crippen LogP contribution >= 0.6 is 8.03 Å². The summed E-state index contributed by atoms with van der Waals surface area (Å²) in [4.78, 5) is 0. The van der Waals surface area contributed by atoms with Gasteiger partial charge in [0.2, 0.25) is 0 Å². The van der Waals surface area contributed by atoms with Crippen LogP contribution < -0.4 is 0 Å². The highest BCUT2D eigenvalue weighted by molar-refractivity contribution is 7.39. The van der Waals surface area contributed by atoms with Crippen LogP contribution in [-0.2, 0) is 9.09 Å². The summed E-state index contributed by atoms with van der Waals surface area (Å²) < 4.78 is 16.3. The van der Waals surface area contributed by atoms with Crippen LogP contribution in [0.2, 0.25) is 0 Å². The molecule has 13 heavy (non-hydrogen) atoms. The molecule has 0 N–H and O–H groups in total. The molecule has 76 valence electrons. The Morgan fingerprint density at radius 3 is 2.62 bits per heavy atom. The predicted octanol–water partition coefficient (Wildman–Crippen LogP) is 3.74. The van der Waals surface area contributed by atoms with Gasteiger partial charge in [-0.25, -0.2) is 0 Å². The molecule has 1 unspecified atom stereocenters. The van der Waals surface area contributed by atoms with Crippen molar-refractivity contribution >= 4 is 8.03 Å². The Bertz CT molecular complexity index is 153. The zero-order chi connectivity index (χ0) is 9.52. The fraction of sp³-hybridized carbons (Fsp3) is 1.00. The molecule has 0 aliphatic heterocycles. The molecule has 0 heterocycles. The molecule has 0 bridgehead atoms. The maximum atomic E-state index is 11.2. The van der Waals surface area contributed by atoms with E-state index in [0.717, 1.165) is 18.5 Å². The second-order valence-corrected chi connectivity index (χ2v) is 5.14. The zero-order valence-corrected chi connectivity index (χ0v) is 9.39. The standard InChI is InChI=1S/C10H20O2P/c1-2-12-13(11)9-8-10-6-4-3-5-7-10/h10H,2-9H2,1H3/q+1. The second-order valence-electron chi connectivity index (χ2n) is 3.77. The van der Waals surface area contributed by atoms with Gasteiger partial charge in [-0.2, -0.15) is 0 Å². The van der Waals surface area contributed by atoms with Crippen LogP contribution in [0.25, 0.3) is 0 Å². The van der Waals surface area contributed by atoms with Crippen molar-refractivity contribution < 1.29 is 9.09 Å². The molecule has 1 aliphatic carbocycles. The SMILES string of the molecule is CCO[P+](=O)CCC1CCCCC1. The highest BCUT2D eigenvalue weighted by Gasteiger charge is 2.21. The summed E-state index contributed by atoms with van der Waals surface area (Å²) in [5.74, 6) is 0.827. The van der Waals surface area contributed by atoms with E-state index in [1.165, 1.54) is 32.1 Å². The summed E-state index contributed by atoms with van der Waals surface area (Å²) in [6.45, 7) is 2.48. The third-order valence-electron chi connectivity index (χ3n) is 2.72. The average Bonchev–Trinajstić information content (AvgIpc) is 2.17. The lowest BCUT2D eigenvalue weighted by Gasteiger charge is -2.19. The van der Waals surface area contributed by atoms with Gasteiger partial charge < -0.3 is 0 Å².